The molecule has 0 radical (unpaired) electrons. The Bertz CT molecular complexity index is 1370. The maximum absolute atomic E-state index is 12.8. The molecule has 4 aromatic rings. The van der Waals surface area contributed by atoms with Gasteiger partial charge in [0.05, 0.1) is 11.2 Å². The van der Waals surface area contributed by atoms with Crippen LogP contribution >= 0.6 is 11.8 Å². The molecule has 152 valence electrons. The maximum atomic E-state index is 12.8. The summed E-state index contributed by atoms with van der Waals surface area (Å²) in [7, 11) is 2.93. The summed E-state index contributed by atoms with van der Waals surface area (Å²) in [4.78, 5) is 44.4. The number of hydrogen-bond donors (Lipinski definition) is 0. The number of hydrogen-bond acceptors (Lipinski definition) is 8. The highest BCUT2D eigenvalue weighted by molar-refractivity contribution is 7.98. The molecule has 4 rings (SSSR count). The molecule has 0 unspecified atom stereocenters. The van der Waals surface area contributed by atoms with Gasteiger partial charge in [-0.15, -0.1) is 11.8 Å². The van der Waals surface area contributed by atoms with E-state index in [1.807, 2.05) is 0 Å². The largest absolute Gasteiger partial charge is 0.461 e. The number of aromatic nitrogens is 4. The molecule has 0 spiro atoms. The molecule has 30 heavy (non-hydrogen) atoms. The monoisotopic (exact) mass is 425 g/mol. The van der Waals surface area contributed by atoms with Crippen molar-refractivity contribution in [2.24, 2.45) is 14.1 Å². The highest BCUT2D eigenvalue weighted by atomic mass is 32.2. The van der Waals surface area contributed by atoms with E-state index in [4.69, 9.17) is 4.42 Å². The molecular weight excluding hydrogens is 410 g/mol. The van der Waals surface area contributed by atoms with Crippen molar-refractivity contribution in [3.05, 3.63) is 79.2 Å². The van der Waals surface area contributed by atoms with Crippen LogP contribution in [0.4, 0.5) is 5.69 Å². The van der Waals surface area contributed by atoms with Gasteiger partial charge >= 0.3 is 5.69 Å². The first-order valence-electron chi connectivity index (χ1n) is 8.74. The Morgan fingerprint density at radius 2 is 1.83 bits per heavy atom. The minimum atomic E-state index is -0.497. The maximum Gasteiger partial charge on any atom is 0.332 e. The third-order valence-electron chi connectivity index (χ3n) is 4.53. The number of nitro groups is 1. The summed E-state index contributed by atoms with van der Waals surface area (Å²) in [5.41, 5.74) is 0.0303. The molecule has 0 atom stereocenters. The molecule has 0 aliphatic heterocycles. The summed E-state index contributed by atoms with van der Waals surface area (Å²) in [6.07, 6.45) is 1.48. The van der Waals surface area contributed by atoms with Crippen molar-refractivity contribution < 1.29 is 9.34 Å². The van der Waals surface area contributed by atoms with Gasteiger partial charge in [-0.2, -0.15) is 0 Å². The van der Waals surface area contributed by atoms with Gasteiger partial charge in [-0.05, 0) is 17.7 Å². The van der Waals surface area contributed by atoms with Crippen LogP contribution in [0.1, 0.15) is 5.56 Å². The smallest absolute Gasteiger partial charge is 0.332 e. The Balaban J connectivity index is 1.83. The van der Waals surface area contributed by atoms with Crippen LogP contribution in [-0.4, -0.2) is 24.0 Å². The number of rotatable bonds is 5. The van der Waals surface area contributed by atoms with Gasteiger partial charge in [0.15, 0.2) is 17.2 Å². The molecule has 0 saturated carbocycles. The number of furan rings is 1. The van der Waals surface area contributed by atoms with E-state index in [2.05, 4.69) is 9.97 Å². The molecule has 0 N–H and O–H groups in total. The number of aryl methyl sites for hydroxylation is 1. The van der Waals surface area contributed by atoms with Crippen molar-refractivity contribution in [1.29, 1.82) is 0 Å². The number of benzene rings is 1. The summed E-state index contributed by atoms with van der Waals surface area (Å²) in [5, 5.41) is 11.4. The van der Waals surface area contributed by atoms with Crippen molar-refractivity contribution in [1.82, 2.24) is 19.1 Å². The van der Waals surface area contributed by atoms with Gasteiger partial charge in [0.2, 0.25) is 0 Å². The fraction of sp³-hybridized carbons (Fsp3) is 0.158. The minimum Gasteiger partial charge on any atom is -0.461 e. The molecule has 11 heteroatoms. The molecule has 0 amide bonds. The normalized spacial score (nSPS) is 11.1. The van der Waals surface area contributed by atoms with Crippen LogP contribution < -0.4 is 11.2 Å². The zero-order chi connectivity index (χ0) is 21.4. The van der Waals surface area contributed by atoms with Gasteiger partial charge in [-0.25, -0.2) is 14.8 Å². The number of thioether (sulfide) groups is 1. The first kappa shape index (κ1) is 19.6. The molecule has 0 saturated heterocycles. The second-order valence-electron chi connectivity index (χ2n) is 6.45. The number of nitro benzene ring substituents is 1. The quantitative estimate of drug-likeness (QED) is 0.207. The van der Waals surface area contributed by atoms with Crippen molar-refractivity contribution in [3.63, 3.8) is 0 Å². The molecule has 0 aliphatic rings. The van der Waals surface area contributed by atoms with E-state index in [0.29, 0.717) is 16.5 Å². The number of fused-ring (bicyclic) bond motifs is 1. The lowest BCUT2D eigenvalue weighted by atomic mass is 10.2. The van der Waals surface area contributed by atoms with E-state index in [9.17, 15) is 19.7 Å². The standard InChI is InChI=1S/C19H15N5O5S/c1-22-16-14(18(25)23(2)19(22)26)17(21-15(20-16)13-4-3-9-29-13)30-10-11-5-7-12(8-6-11)24(27)28/h3-9H,10H2,1-2H3. The van der Waals surface area contributed by atoms with E-state index in [1.165, 1.54) is 48.8 Å². The molecule has 0 fully saturated rings. The molecule has 0 bridgehead atoms. The van der Waals surface area contributed by atoms with Crippen molar-refractivity contribution in [2.45, 2.75) is 10.8 Å². The van der Waals surface area contributed by atoms with Crippen LogP contribution in [0, 0.1) is 10.1 Å². The predicted octanol–water partition coefficient (Wildman–Crippen LogP) is 2.49. The third kappa shape index (κ3) is 3.39. The van der Waals surface area contributed by atoms with E-state index < -0.39 is 16.2 Å². The van der Waals surface area contributed by atoms with Crippen LogP contribution in [0.5, 0.6) is 0 Å². The van der Waals surface area contributed by atoms with E-state index in [-0.39, 0.29) is 22.5 Å². The highest BCUT2D eigenvalue weighted by Crippen LogP contribution is 2.29. The average molecular weight is 425 g/mol. The van der Waals surface area contributed by atoms with E-state index in [1.54, 1.807) is 24.3 Å². The summed E-state index contributed by atoms with van der Waals surface area (Å²) in [6.45, 7) is 0. The minimum absolute atomic E-state index is 0.000195. The fourth-order valence-electron chi connectivity index (χ4n) is 2.91. The Morgan fingerprint density at radius 1 is 1.10 bits per heavy atom. The summed E-state index contributed by atoms with van der Waals surface area (Å²) in [6, 6.07) is 9.52. The average Bonchev–Trinajstić information content (AvgIpc) is 3.29. The van der Waals surface area contributed by atoms with Gasteiger partial charge in [0.1, 0.15) is 10.4 Å². The van der Waals surface area contributed by atoms with Crippen molar-refractivity contribution in [3.8, 4) is 11.6 Å². The molecule has 3 heterocycles. The van der Waals surface area contributed by atoms with Gasteiger partial charge in [-0.1, -0.05) is 12.1 Å². The molecule has 0 aliphatic carbocycles. The summed E-state index contributed by atoms with van der Waals surface area (Å²) < 4.78 is 7.68. The first-order valence-corrected chi connectivity index (χ1v) is 9.73. The lowest BCUT2D eigenvalue weighted by Crippen LogP contribution is -2.37. The lowest BCUT2D eigenvalue weighted by Gasteiger charge is -2.11. The second kappa shape index (κ2) is 7.59. The zero-order valence-corrected chi connectivity index (χ0v) is 16.8. The van der Waals surface area contributed by atoms with Gasteiger partial charge in [-0.3, -0.25) is 24.0 Å². The topological polar surface area (TPSA) is 126 Å². The summed E-state index contributed by atoms with van der Waals surface area (Å²) >= 11 is 1.27. The Hall–Kier alpha value is -3.73. The third-order valence-corrected chi connectivity index (χ3v) is 5.58. The van der Waals surface area contributed by atoms with E-state index in [0.717, 1.165) is 10.1 Å². The van der Waals surface area contributed by atoms with Gasteiger partial charge in [0.25, 0.3) is 11.2 Å². The first-order chi connectivity index (χ1) is 14.4. The number of nitrogens with zero attached hydrogens (tertiary/aromatic N) is 5. The van der Waals surface area contributed by atoms with Crippen LogP contribution in [-0.2, 0) is 19.8 Å². The zero-order valence-electron chi connectivity index (χ0n) is 15.9. The van der Waals surface area contributed by atoms with Crippen LogP contribution in [0.25, 0.3) is 22.6 Å². The van der Waals surface area contributed by atoms with Crippen molar-refractivity contribution in [2.75, 3.05) is 0 Å². The Labute approximate surface area is 173 Å². The number of non-ortho nitro benzene ring substituents is 1. The highest BCUT2D eigenvalue weighted by Gasteiger charge is 2.19. The van der Waals surface area contributed by atoms with E-state index >= 15 is 0 Å². The van der Waals surface area contributed by atoms with Gasteiger partial charge in [0, 0.05) is 32.0 Å². The lowest BCUT2D eigenvalue weighted by molar-refractivity contribution is -0.384. The Morgan fingerprint density at radius 3 is 2.47 bits per heavy atom. The molecule has 10 nitrogen and oxygen atoms in total. The van der Waals surface area contributed by atoms with Crippen LogP contribution in [0.3, 0.4) is 0 Å². The second-order valence-corrected chi connectivity index (χ2v) is 7.41. The molecular formula is C19H15N5O5S. The molecule has 3 aromatic heterocycles. The Kier molecular flexibility index (Phi) is 4.96. The fourth-order valence-corrected chi connectivity index (χ4v) is 3.88. The van der Waals surface area contributed by atoms with Crippen LogP contribution in [0.2, 0.25) is 0 Å². The summed E-state index contributed by atoms with van der Waals surface area (Å²) in [5.74, 6) is 1.07. The molecule has 1 aromatic carbocycles. The van der Waals surface area contributed by atoms with Crippen molar-refractivity contribution >= 4 is 28.5 Å². The predicted molar refractivity (Wildman–Crippen MR) is 110 cm³/mol. The van der Waals surface area contributed by atoms with Gasteiger partial charge < -0.3 is 4.42 Å². The SMILES string of the molecule is Cn1c(=O)c2c(SCc3ccc([N+](=O)[O-])cc3)nc(-c3ccco3)nc2n(C)c1=O. The van der Waals surface area contributed by atoms with Crippen LogP contribution in [0.15, 0.2) is 61.7 Å².